The molecule has 0 aromatic heterocycles. The molecule has 4 nitrogen and oxygen atoms in total. The second-order valence-corrected chi connectivity index (χ2v) is 6.94. The summed E-state index contributed by atoms with van der Waals surface area (Å²) in [5.41, 5.74) is 5.65. The van der Waals surface area contributed by atoms with Crippen LogP contribution < -0.4 is 5.73 Å². The number of phenolic OH excluding ortho intramolecular Hbond substituents is 1. The Morgan fingerprint density at radius 2 is 2.00 bits per heavy atom. The van der Waals surface area contributed by atoms with Gasteiger partial charge in [0.05, 0.1) is 0 Å². The molecule has 1 aromatic carbocycles. The molecule has 1 aliphatic carbocycles. The fourth-order valence-electron chi connectivity index (χ4n) is 2.39. The molecule has 0 heterocycles. The van der Waals surface area contributed by atoms with Gasteiger partial charge >= 0.3 is 0 Å². The molecule has 0 spiro atoms. The topological polar surface area (TPSA) is 80.4 Å². The van der Waals surface area contributed by atoms with E-state index in [1.165, 1.54) is 12.1 Å². The molecule has 1 saturated carbocycles. The smallest absolute Gasteiger partial charge is 0.182 e. The van der Waals surface area contributed by atoms with Crippen LogP contribution in [0, 0.1) is 5.82 Å². The fourth-order valence-corrected chi connectivity index (χ4v) is 3.27. The summed E-state index contributed by atoms with van der Waals surface area (Å²) in [5.74, 6) is -1.42. The molecule has 0 amide bonds. The molecule has 1 atom stereocenters. The predicted octanol–water partition coefficient (Wildman–Crippen LogP) is 1.31. The fraction of sp³-hybridized carbons (Fsp3) is 0.500. The minimum absolute atomic E-state index is 0.260. The Kier molecular flexibility index (Phi) is 2.90. The summed E-state index contributed by atoms with van der Waals surface area (Å²) in [6.07, 6.45) is 2.34. The molecule has 1 aliphatic rings. The Bertz CT molecular complexity index is 592. The Hall–Kier alpha value is -1.14. The maximum Gasteiger partial charge on any atom is 0.182 e. The van der Waals surface area contributed by atoms with E-state index in [2.05, 4.69) is 0 Å². The monoisotopic (exact) mass is 273 g/mol. The molecule has 100 valence electrons. The zero-order valence-electron chi connectivity index (χ0n) is 10.3. The van der Waals surface area contributed by atoms with Crippen LogP contribution in [0.1, 0.15) is 25.3 Å². The molecule has 1 fully saturated rings. The lowest BCUT2D eigenvalue weighted by Gasteiger charge is -2.22. The van der Waals surface area contributed by atoms with E-state index in [9.17, 15) is 17.9 Å². The third kappa shape index (κ3) is 1.89. The summed E-state index contributed by atoms with van der Waals surface area (Å²) in [5, 5.41) is 9.53. The van der Waals surface area contributed by atoms with Gasteiger partial charge in [0.15, 0.2) is 9.84 Å². The lowest BCUT2D eigenvalue weighted by atomic mass is 9.89. The maximum atomic E-state index is 14.3. The number of sulfone groups is 1. The quantitative estimate of drug-likeness (QED) is 0.870. The molecule has 2 rings (SSSR count). The molecular weight excluding hydrogens is 257 g/mol. The van der Waals surface area contributed by atoms with Crippen LogP contribution in [0.15, 0.2) is 17.0 Å². The van der Waals surface area contributed by atoms with Gasteiger partial charge in [0.1, 0.15) is 16.5 Å². The Balaban J connectivity index is 2.67. The van der Waals surface area contributed by atoms with Crippen LogP contribution >= 0.6 is 0 Å². The number of halogens is 1. The summed E-state index contributed by atoms with van der Waals surface area (Å²) in [6.45, 7) is 1.78. The number of phenols is 1. The van der Waals surface area contributed by atoms with Crippen molar-refractivity contribution in [1.29, 1.82) is 0 Å². The van der Waals surface area contributed by atoms with Gasteiger partial charge in [-0.1, -0.05) is 6.07 Å². The van der Waals surface area contributed by atoms with Crippen LogP contribution in [0.3, 0.4) is 0 Å². The van der Waals surface area contributed by atoms with Crippen LogP contribution in [0.25, 0.3) is 0 Å². The number of nitrogens with two attached hydrogens (primary N) is 1. The van der Waals surface area contributed by atoms with Crippen molar-refractivity contribution in [2.75, 3.05) is 6.26 Å². The van der Waals surface area contributed by atoms with Crippen molar-refractivity contribution in [2.24, 2.45) is 5.73 Å². The van der Waals surface area contributed by atoms with Gasteiger partial charge in [-0.05, 0) is 31.4 Å². The summed E-state index contributed by atoms with van der Waals surface area (Å²) < 4.78 is 37.4. The maximum absolute atomic E-state index is 14.3. The molecule has 1 unspecified atom stereocenters. The van der Waals surface area contributed by atoms with Crippen LogP contribution in [0.2, 0.25) is 0 Å². The SMILES string of the molecule is CC(N)C1(c2ccc(O)c(S(C)(=O)=O)c2F)CC1. The lowest BCUT2D eigenvalue weighted by Crippen LogP contribution is -2.32. The molecule has 0 saturated heterocycles. The van der Waals surface area contributed by atoms with Crippen LogP contribution in [-0.2, 0) is 15.3 Å². The first-order valence-corrected chi connectivity index (χ1v) is 7.57. The lowest BCUT2D eigenvalue weighted by molar-refractivity contribution is 0.434. The average Bonchev–Trinajstić information content (AvgIpc) is 2.96. The second kappa shape index (κ2) is 3.93. The van der Waals surface area contributed by atoms with Gasteiger partial charge in [0.2, 0.25) is 0 Å². The van der Waals surface area contributed by atoms with Crippen molar-refractivity contribution >= 4 is 9.84 Å². The Labute approximate surface area is 106 Å². The molecule has 1 aromatic rings. The third-order valence-corrected chi connectivity index (χ3v) is 4.77. The second-order valence-electron chi connectivity index (χ2n) is 4.99. The molecule has 0 radical (unpaired) electrons. The predicted molar refractivity (Wildman–Crippen MR) is 65.7 cm³/mol. The minimum Gasteiger partial charge on any atom is -0.506 e. The van der Waals surface area contributed by atoms with E-state index in [1.807, 2.05) is 0 Å². The van der Waals surface area contributed by atoms with Crippen molar-refractivity contribution in [1.82, 2.24) is 0 Å². The van der Waals surface area contributed by atoms with Crippen molar-refractivity contribution < 1.29 is 17.9 Å². The van der Waals surface area contributed by atoms with E-state index in [4.69, 9.17) is 5.73 Å². The first kappa shape index (κ1) is 13.3. The summed E-state index contributed by atoms with van der Waals surface area (Å²) in [4.78, 5) is -0.632. The number of hydrogen-bond acceptors (Lipinski definition) is 4. The van der Waals surface area contributed by atoms with Gasteiger partial charge in [0.25, 0.3) is 0 Å². The van der Waals surface area contributed by atoms with Gasteiger partial charge in [-0.15, -0.1) is 0 Å². The zero-order chi connectivity index (χ0) is 13.7. The van der Waals surface area contributed by atoms with Crippen molar-refractivity contribution in [3.8, 4) is 5.75 Å². The van der Waals surface area contributed by atoms with E-state index < -0.39 is 31.7 Å². The van der Waals surface area contributed by atoms with Crippen LogP contribution in [0.5, 0.6) is 5.75 Å². The highest BCUT2D eigenvalue weighted by atomic mass is 32.2. The molecule has 3 N–H and O–H groups in total. The van der Waals surface area contributed by atoms with Gasteiger partial charge in [0, 0.05) is 17.7 Å². The first-order valence-electron chi connectivity index (χ1n) is 5.68. The first-order chi connectivity index (χ1) is 8.20. The van der Waals surface area contributed by atoms with Crippen LogP contribution in [-0.4, -0.2) is 25.8 Å². The normalized spacial score (nSPS) is 19.6. The highest BCUT2D eigenvalue weighted by molar-refractivity contribution is 7.90. The molecule has 0 bridgehead atoms. The Morgan fingerprint density at radius 3 is 2.39 bits per heavy atom. The van der Waals surface area contributed by atoms with Gasteiger partial charge in [-0.25, -0.2) is 12.8 Å². The van der Waals surface area contributed by atoms with Crippen molar-refractivity contribution in [3.05, 3.63) is 23.5 Å². The molecule has 6 heteroatoms. The zero-order valence-corrected chi connectivity index (χ0v) is 11.1. The van der Waals surface area contributed by atoms with E-state index in [0.29, 0.717) is 0 Å². The number of hydrogen-bond donors (Lipinski definition) is 2. The standard InChI is InChI=1S/C12H16FNO3S/c1-7(14)12(5-6-12)8-3-4-9(15)11(10(8)13)18(2,16)17/h3-4,7,15H,5-6,14H2,1-2H3. The Morgan fingerprint density at radius 1 is 1.44 bits per heavy atom. The summed E-state index contributed by atoms with van der Waals surface area (Å²) >= 11 is 0. The highest BCUT2D eigenvalue weighted by Crippen LogP contribution is 2.52. The van der Waals surface area contributed by atoms with Gasteiger partial charge in [-0.2, -0.15) is 0 Å². The van der Waals surface area contributed by atoms with E-state index in [-0.39, 0.29) is 11.6 Å². The number of aromatic hydroxyl groups is 1. The van der Waals surface area contributed by atoms with E-state index >= 15 is 0 Å². The van der Waals surface area contributed by atoms with Crippen LogP contribution in [0.4, 0.5) is 4.39 Å². The number of rotatable bonds is 3. The largest absolute Gasteiger partial charge is 0.506 e. The molecular formula is C12H16FNO3S. The highest BCUT2D eigenvalue weighted by Gasteiger charge is 2.49. The van der Waals surface area contributed by atoms with E-state index in [1.54, 1.807) is 6.92 Å². The molecule has 18 heavy (non-hydrogen) atoms. The third-order valence-electron chi connectivity index (χ3n) is 3.64. The van der Waals surface area contributed by atoms with Crippen molar-refractivity contribution in [2.45, 2.75) is 36.1 Å². The van der Waals surface area contributed by atoms with E-state index in [0.717, 1.165) is 19.1 Å². The number of benzene rings is 1. The molecule has 0 aliphatic heterocycles. The summed E-state index contributed by atoms with van der Waals surface area (Å²) in [7, 11) is -3.81. The minimum atomic E-state index is -3.81. The summed E-state index contributed by atoms with van der Waals surface area (Å²) in [6, 6.07) is 2.39. The average molecular weight is 273 g/mol. The van der Waals surface area contributed by atoms with Gasteiger partial charge in [-0.3, -0.25) is 0 Å². The van der Waals surface area contributed by atoms with Crippen molar-refractivity contribution in [3.63, 3.8) is 0 Å². The van der Waals surface area contributed by atoms with Gasteiger partial charge < -0.3 is 10.8 Å².